The van der Waals surface area contributed by atoms with Crippen LogP contribution in [0.1, 0.15) is 18.9 Å². The quantitative estimate of drug-likeness (QED) is 0.720. The Labute approximate surface area is 94.5 Å². The number of piperidine rings is 1. The van der Waals surface area contributed by atoms with Crippen molar-refractivity contribution < 1.29 is 0 Å². The van der Waals surface area contributed by atoms with Crippen LogP contribution in [0.3, 0.4) is 0 Å². The first-order valence-electron chi connectivity index (χ1n) is 5.54. The van der Waals surface area contributed by atoms with Crippen molar-refractivity contribution in [2.24, 2.45) is 11.8 Å². The molecule has 0 amide bonds. The van der Waals surface area contributed by atoms with E-state index in [0.29, 0.717) is 5.15 Å². The van der Waals surface area contributed by atoms with Crippen molar-refractivity contribution in [3.63, 3.8) is 0 Å². The van der Waals surface area contributed by atoms with E-state index in [1.54, 1.807) is 6.33 Å². The molecule has 2 fully saturated rings. The van der Waals surface area contributed by atoms with E-state index in [2.05, 4.69) is 21.8 Å². The number of hydrogen-bond acceptors (Lipinski definition) is 3. The van der Waals surface area contributed by atoms with Crippen LogP contribution in [0.4, 0.5) is 5.82 Å². The zero-order valence-electron chi connectivity index (χ0n) is 8.78. The average Bonchev–Trinajstić information content (AvgIpc) is 2.85. The molecule has 1 aliphatic heterocycles. The van der Waals surface area contributed by atoms with Gasteiger partial charge in [0.1, 0.15) is 17.3 Å². The van der Waals surface area contributed by atoms with Gasteiger partial charge in [-0.3, -0.25) is 0 Å². The Hall–Kier alpha value is -0.830. The zero-order valence-corrected chi connectivity index (χ0v) is 9.54. The predicted octanol–water partition coefficient (Wildman–Crippen LogP) is 2.15. The molecule has 2 unspecified atom stereocenters. The van der Waals surface area contributed by atoms with Gasteiger partial charge in [0, 0.05) is 18.7 Å². The maximum absolute atomic E-state index is 6.08. The van der Waals surface area contributed by atoms with Crippen LogP contribution in [0.5, 0.6) is 0 Å². The summed E-state index contributed by atoms with van der Waals surface area (Å²) in [6, 6.07) is 0. The first-order valence-corrected chi connectivity index (χ1v) is 5.91. The van der Waals surface area contributed by atoms with Crippen LogP contribution < -0.4 is 4.90 Å². The Morgan fingerprint density at radius 2 is 2.13 bits per heavy atom. The molecular formula is C11H14ClN3. The minimum Gasteiger partial charge on any atom is -0.356 e. The van der Waals surface area contributed by atoms with Crippen molar-refractivity contribution in [1.82, 2.24) is 9.97 Å². The van der Waals surface area contributed by atoms with E-state index >= 15 is 0 Å². The monoisotopic (exact) mass is 223 g/mol. The van der Waals surface area contributed by atoms with Crippen LogP contribution in [-0.2, 0) is 6.42 Å². The van der Waals surface area contributed by atoms with E-state index in [9.17, 15) is 0 Å². The Kier molecular flexibility index (Phi) is 2.09. The summed E-state index contributed by atoms with van der Waals surface area (Å²) in [6.07, 6.45) is 3.89. The van der Waals surface area contributed by atoms with Gasteiger partial charge >= 0.3 is 0 Å². The smallest absolute Gasteiger partial charge is 0.137 e. The average molecular weight is 224 g/mol. The van der Waals surface area contributed by atoms with Gasteiger partial charge in [-0.05, 0) is 24.7 Å². The molecule has 2 heterocycles. The molecule has 1 saturated carbocycles. The third-order valence-corrected chi connectivity index (χ3v) is 3.83. The van der Waals surface area contributed by atoms with Gasteiger partial charge in [0.15, 0.2) is 0 Å². The second-order valence-corrected chi connectivity index (χ2v) is 4.84. The molecule has 0 spiro atoms. The standard InChI is InChI=1S/C11H14ClN3/c1-2-9-10(12)13-6-14-11(9)15-4-7-3-8(7)5-15/h6-8H,2-5H2,1H3. The number of hydrogen-bond donors (Lipinski definition) is 0. The molecule has 0 bridgehead atoms. The number of rotatable bonds is 2. The highest BCUT2D eigenvalue weighted by atomic mass is 35.5. The first kappa shape index (κ1) is 9.40. The lowest BCUT2D eigenvalue weighted by molar-refractivity contribution is 0.793. The number of nitrogens with zero attached hydrogens (tertiary/aromatic N) is 3. The molecule has 1 aromatic rings. The lowest BCUT2D eigenvalue weighted by atomic mass is 10.2. The minimum absolute atomic E-state index is 0.614. The van der Waals surface area contributed by atoms with Gasteiger partial charge in [-0.2, -0.15) is 0 Å². The summed E-state index contributed by atoms with van der Waals surface area (Å²) < 4.78 is 0. The normalized spacial score (nSPS) is 28.0. The SMILES string of the molecule is CCc1c(Cl)ncnc1N1CC2CC2C1. The summed E-state index contributed by atoms with van der Waals surface area (Å²) in [4.78, 5) is 10.8. The second-order valence-electron chi connectivity index (χ2n) is 4.48. The van der Waals surface area contributed by atoms with Crippen LogP contribution in [0.2, 0.25) is 5.15 Å². The van der Waals surface area contributed by atoms with Crippen LogP contribution in [0.15, 0.2) is 6.33 Å². The van der Waals surface area contributed by atoms with Gasteiger partial charge in [-0.15, -0.1) is 0 Å². The van der Waals surface area contributed by atoms with E-state index in [1.165, 1.54) is 6.42 Å². The third kappa shape index (κ3) is 1.49. The van der Waals surface area contributed by atoms with E-state index < -0.39 is 0 Å². The molecule has 0 radical (unpaired) electrons. The van der Waals surface area contributed by atoms with E-state index in [0.717, 1.165) is 42.7 Å². The molecule has 2 atom stereocenters. The fourth-order valence-corrected chi connectivity index (χ4v) is 2.79. The Morgan fingerprint density at radius 1 is 1.40 bits per heavy atom. The topological polar surface area (TPSA) is 29.0 Å². The number of aromatic nitrogens is 2. The highest BCUT2D eigenvalue weighted by Gasteiger charge is 2.45. The van der Waals surface area contributed by atoms with Crippen molar-refractivity contribution in [3.05, 3.63) is 17.0 Å². The number of fused-ring (bicyclic) bond motifs is 1. The summed E-state index contributed by atoms with van der Waals surface area (Å²) >= 11 is 6.08. The Balaban J connectivity index is 1.93. The molecule has 1 aliphatic carbocycles. The molecule has 0 aromatic carbocycles. The Bertz CT molecular complexity index is 383. The highest BCUT2D eigenvalue weighted by Crippen LogP contribution is 2.46. The second kappa shape index (κ2) is 3.34. The lowest BCUT2D eigenvalue weighted by Gasteiger charge is -2.21. The highest BCUT2D eigenvalue weighted by molar-refractivity contribution is 6.30. The van der Waals surface area contributed by atoms with Gasteiger partial charge in [-0.1, -0.05) is 18.5 Å². The molecule has 80 valence electrons. The van der Waals surface area contributed by atoms with Crippen LogP contribution in [0.25, 0.3) is 0 Å². The third-order valence-electron chi connectivity index (χ3n) is 3.50. The summed E-state index contributed by atoms with van der Waals surface area (Å²) in [5, 5.41) is 0.614. The largest absolute Gasteiger partial charge is 0.356 e. The van der Waals surface area contributed by atoms with Crippen LogP contribution in [0, 0.1) is 11.8 Å². The van der Waals surface area contributed by atoms with Crippen LogP contribution >= 0.6 is 11.6 Å². The van der Waals surface area contributed by atoms with E-state index in [4.69, 9.17) is 11.6 Å². The number of halogens is 1. The van der Waals surface area contributed by atoms with Gasteiger partial charge in [-0.25, -0.2) is 9.97 Å². The van der Waals surface area contributed by atoms with Crippen molar-refractivity contribution in [3.8, 4) is 0 Å². The first-order chi connectivity index (χ1) is 7.29. The molecule has 1 saturated heterocycles. The Morgan fingerprint density at radius 3 is 2.80 bits per heavy atom. The molecule has 15 heavy (non-hydrogen) atoms. The van der Waals surface area contributed by atoms with Crippen molar-refractivity contribution in [2.75, 3.05) is 18.0 Å². The van der Waals surface area contributed by atoms with Crippen molar-refractivity contribution in [2.45, 2.75) is 19.8 Å². The molecule has 2 aliphatic rings. The summed E-state index contributed by atoms with van der Waals surface area (Å²) in [6.45, 7) is 4.42. The fourth-order valence-electron chi connectivity index (χ4n) is 2.53. The molecular weight excluding hydrogens is 210 g/mol. The fraction of sp³-hybridized carbons (Fsp3) is 0.636. The summed E-state index contributed by atoms with van der Waals surface area (Å²) in [5.41, 5.74) is 1.10. The lowest BCUT2D eigenvalue weighted by Crippen LogP contribution is -2.24. The molecule has 3 rings (SSSR count). The summed E-state index contributed by atoms with van der Waals surface area (Å²) in [5.74, 6) is 2.90. The van der Waals surface area contributed by atoms with E-state index in [-0.39, 0.29) is 0 Å². The van der Waals surface area contributed by atoms with E-state index in [1.807, 2.05) is 0 Å². The van der Waals surface area contributed by atoms with Crippen molar-refractivity contribution in [1.29, 1.82) is 0 Å². The molecule has 4 heteroatoms. The van der Waals surface area contributed by atoms with Crippen LogP contribution in [-0.4, -0.2) is 23.1 Å². The zero-order chi connectivity index (χ0) is 10.4. The molecule has 1 aromatic heterocycles. The minimum atomic E-state index is 0.614. The van der Waals surface area contributed by atoms with Gasteiger partial charge in [0.25, 0.3) is 0 Å². The summed E-state index contributed by atoms with van der Waals surface area (Å²) in [7, 11) is 0. The van der Waals surface area contributed by atoms with Gasteiger partial charge < -0.3 is 4.90 Å². The van der Waals surface area contributed by atoms with Crippen molar-refractivity contribution >= 4 is 17.4 Å². The van der Waals surface area contributed by atoms with Gasteiger partial charge in [0.2, 0.25) is 0 Å². The molecule has 0 N–H and O–H groups in total. The maximum atomic E-state index is 6.08. The molecule has 3 nitrogen and oxygen atoms in total. The van der Waals surface area contributed by atoms with Gasteiger partial charge in [0.05, 0.1) is 0 Å². The maximum Gasteiger partial charge on any atom is 0.137 e. The number of anilines is 1. The predicted molar refractivity (Wildman–Crippen MR) is 60.2 cm³/mol.